The van der Waals surface area contributed by atoms with Crippen LogP contribution < -0.4 is 0 Å². The van der Waals surface area contributed by atoms with Gasteiger partial charge in [0.2, 0.25) is 0 Å². The lowest BCUT2D eigenvalue weighted by atomic mass is 9.47. The van der Waals surface area contributed by atoms with Gasteiger partial charge in [0.25, 0.3) is 0 Å². The largest absolute Gasteiger partial charge is 0.415 e. The minimum Gasteiger partial charge on any atom is -0.415 e. The fourth-order valence-electron chi connectivity index (χ4n) is 9.10. The lowest BCUT2D eigenvalue weighted by Gasteiger charge is -2.58. The third-order valence-corrected chi connectivity index (χ3v) is 11.8. The first-order chi connectivity index (χ1) is 14.9. The van der Waals surface area contributed by atoms with Gasteiger partial charge in [0.1, 0.15) is 0 Å². The Morgan fingerprint density at radius 3 is 2.31 bits per heavy atom. The van der Waals surface area contributed by atoms with E-state index in [9.17, 15) is 0 Å². The van der Waals surface area contributed by atoms with Gasteiger partial charge < -0.3 is 4.43 Å². The molecule has 3 saturated carbocycles. The maximum atomic E-state index is 6.60. The summed E-state index contributed by atoms with van der Waals surface area (Å²) in [6.45, 7) is 19.8. The quantitative estimate of drug-likeness (QED) is 0.273. The topological polar surface area (TPSA) is 9.23 Å². The highest BCUT2D eigenvalue weighted by Crippen LogP contribution is 2.67. The van der Waals surface area contributed by atoms with E-state index in [0.29, 0.717) is 16.9 Å². The molecule has 0 aromatic rings. The van der Waals surface area contributed by atoms with E-state index in [0.717, 1.165) is 35.5 Å². The van der Waals surface area contributed by atoms with Crippen molar-refractivity contribution in [3.05, 3.63) is 11.6 Å². The monoisotopic (exact) mass is 458 g/mol. The Bertz CT molecular complexity index is 689. The SMILES string of the molecule is CC(C)CCCC(C)C1CCC2C3=CC[C@H]4C[C@@H](O[Si](C)(C)C)CCC4(C)C3CCC21C. The van der Waals surface area contributed by atoms with Crippen molar-refractivity contribution in [3.63, 3.8) is 0 Å². The lowest BCUT2D eigenvalue weighted by molar-refractivity contribution is -0.0384. The first kappa shape index (κ1) is 25.0. The molecule has 184 valence electrons. The summed E-state index contributed by atoms with van der Waals surface area (Å²) in [6.07, 6.45) is 18.9. The highest BCUT2D eigenvalue weighted by atomic mass is 28.4. The van der Waals surface area contributed by atoms with Crippen LogP contribution in [0.15, 0.2) is 11.6 Å². The summed E-state index contributed by atoms with van der Waals surface area (Å²) in [5, 5.41) is 0. The zero-order valence-corrected chi connectivity index (χ0v) is 23.8. The molecule has 32 heavy (non-hydrogen) atoms. The molecule has 0 amide bonds. The first-order valence-corrected chi connectivity index (χ1v) is 17.7. The van der Waals surface area contributed by atoms with Gasteiger partial charge in [0.15, 0.2) is 8.32 Å². The number of rotatable bonds is 7. The Morgan fingerprint density at radius 2 is 1.62 bits per heavy atom. The van der Waals surface area contributed by atoms with Crippen molar-refractivity contribution in [1.29, 1.82) is 0 Å². The molecule has 0 aromatic heterocycles. The van der Waals surface area contributed by atoms with Gasteiger partial charge in [0.05, 0.1) is 0 Å². The van der Waals surface area contributed by atoms with Crippen molar-refractivity contribution >= 4 is 8.32 Å². The van der Waals surface area contributed by atoms with Gasteiger partial charge in [-0.25, -0.2) is 0 Å². The molecule has 3 fully saturated rings. The second kappa shape index (κ2) is 9.18. The zero-order chi connectivity index (χ0) is 23.3. The molecule has 0 aliphatic heterocycles. The Balaban J connectivity index is 1.46. The average molecular weight is 459 g/mol. The molecule has 4 rings (SSSR count). The normalized spacial score (nSPS) is 42.8. The number of hydrogen-bond acceptors (Lipinski definition) is 1. The van der Waals surface area contributed by atoms with Gasteiger partial charge in [-0.3, -0.25) is 0 Å². The van der Waals surface area contributed by atoms with Crippen molar-refractivity contribution in [3.8, 4) is 0 Å². The molecule has 4 aliphatic carbocycles. The molecule has 0 bridgehead atoms. The summed E-state index contributed by atoms with van der Waals surface area (Å²) in [6, 6.07) is 0. The highest BCUT2D eigenvalue weighted by molar-refractivity contribution is 6.69. The van der Waals surface area contributed by atoms with Crippen molar-refractivity contribution in [2.24, 2.45) is 46.3 Å². The van der Waals surface area contributed by atoms with Crippen molar-refractivity contribution < 1.29 is 4.43 Å². The Kier molecular flexibility index (Phi) is 7.17. The Hall–Kier alpha value is -0.0831. The minimum atomic E-state index is -1.44. The van der Waals surface area contributed by atoms with Crippen LogP contribution >= 0.6 is 0 Å². The second-order valence-electron chi connectivity index (χ2n) is 14.4. The zero-order valence-electron chi connectivity index (χ0n) is 22.8. The van der Waals surface area contributed by atoms with E-state index in [1.54, 1.807) is 0 Å². The summed E-state index contributed by atoms with van der Waals surface area (Å²) in [4.78, 5) is 0. The fraction of sp³-hybridized carbons (Fsp3) is 0.933. The van der Waals surface area contributed by atoms with Crippen LogP contribution in [-0.4, -0.2) is 14.4 Å². The van der Waals surface area contributed by atoms with Gasteiger partial charge >= 0.3 is 0 Å². The smallest absolute Gasteiger partial charge is 0.184 e. The van der Waals surface area contributed by atoms with E-state index in [2.05, 4.69) is 60.3 Å². The minimum absolute atomic E-state index is 0.533. The summed E-state index contributed by atoms with van der Waals surface area (Å²) in [5.41, 5.74) is 3.03. The second-order valence-corrected chi connectivity index (χ2v) is 18.9. The molecule has 1 nitrogen and oxygen atoms in total. The molecule has 6 unspecified atom stereocenters. The van der Waals surface area contributed by atoms with Crippen LogP contribution in [0, 0.1) is 46.3 Å². The highest BCUT2D eigenvalue weighted by Gasteiger charge is 2.58. The first-order valence-electron chi connectivity index (χ1n) is 14.3. The maximum absolute atomic E-state index is 6.60. The van der Waals surface area contributed by atoms with Crippen LogP contribution in [0.3, 0.4) is 0 Å². The molecule has 2 heteroatoms. The van der Waals surface area contributed by atoms with Gasteiger partial charge in [-0.1, -0.05) is 65.5 Å². The van der Waals surface area contributed by atoms with Crippen LogP contribution in [0.25, 0.3) is 0 Å². The molecule has 0 spiro atoms. The maximum Gasteiger partial charge on any atom is 0.184 e. The fourth-order valence-corrected chi connectivity index (χ4v) is 10.3. The molecule has 0 radical (unpaired) electrons. The van der Waals surface area contributed by atoms with Gasteiger partial charge in [0, 0.05) is 6.10 Å². The third kappa shape index (κ3) is 4.71. The van der Waals surface area contributed by atoms with E-state index in [1.165, 1.54) is 70.6 Å². The summed E-state index contributed by atoms with van der Waals surface area (Å²) < 4.78 is 6.60. The van der Waals surface area contributed by atoms with Crippen molar-refractivity contribution in [2.75, 3.05) is 0 Å². The van der Waals surface area contributed by atoms with Crippen molar-refractivity contribution in [1.82, 2.24) is 0 Å². The molecule has 8 atom stereocenters. The average Bonchev–Trinajstić information content (AvgIpc) is 3.04. The standard InChI is InChI=1S/C30H54OSi/c1-21(2)10-9-11-22(3)26-14-15-27-25-13-12-23-20-24(31-32(6,7)8)16-18-29(23,4)28(25)17-19-30(26,27)5/h13,21-24,26-28H,9-12,14-20H2,1-8H3/t22?,23-,24-,26?,27?,28?,29?,30?/m0/s1. The van der Waals surface area contributed by atoms with E-state index in [4.69, 9.17) is 4.43 Å². The van der Waals surface area contributed by atoms with E-state index in [1.807, 2.05) is 5.57 Å². The lowest BCUT2D eigenvalue weighted by Crippen LogP contribution is -2.50. The van der Waals surface area contributed by atoms with Crippen LogP contribution in [0.4, 0.5) is 0 Å². The van der Waals surface area contributed by atoms with Crippen LogP contribution in [-0.2, 0) is 4.43 Å². The molecule has 0 N–H and O–H groups in total. The molecule has 0 saturated heterocycles. The van der Waals surface area contributed by atoms with E-state index >= 15 is 0 Å². The van der Waals surface area contributed by atoms with E-state index in [-0.39, 0.29) is 0 Å². The Labute approximate surface area is 201 Å². The number of fused-ring (bicyclic) bond motifs is 5. The summed E-state index contributed by atoms with van der Waals surface area (Å²) in [7, 11) is -1.44. The predicted molar refractivity (Wildman–Crippen MR) is 141 cm³/mol. The number of allylic oxidation sites excluding steroid dienone is 2. The number of hydrogen-bond donors (Lipinski definition) is 0. The molecular formula is C30H54OSi. The van der Waals surface area contributed by atoms with Gasteiger partial charge in [-0.15, -0.1) is 0 Å². The van der Waals surface area contributed by atoms with Crippen LogP contribution in [0.5, 0.6) is 0 Å². The van der Waals surface area contributed by atoms with Crippen molar-refractivity contribution in [2.45, 2.75) is 131 Å². The van der Waals surface area contributed by atoms with E-state index < -0.39 is 8.32 Å². The summed E-state index contributed by atoms with van der Waals surface area (Å²) in [5.74, 6) is 5.31. The van der Waals surface area contributed by atoms with Crippen LogP contribution in [0.2, 0.25) is 19.6 Å². The van der Waals surface area contributed by atoms with Gasteiger partial charge in [-0.05, 0) is 117 Å². The summed E-state index contributed by atoms with van der Waals surface area (Å²) >= 11 is 0. The molecule has 0 heterocycles. The Morgan fingerprint density at radius 1 is 0.938 bits per heavy atom. The third-order valence-electron chi connectivity index (χ3n) is 10.8. The van der Waals surface area contributed by atoms with Crippen LogP contribution in [0.1, 0.15) is 105 Å². The molecular weight excluding hydrogens is 404 g/mol. The molecule has 4 aliphatic rings. The predicted octanol–water partition coefficient (Wildman–Crippen LogP) is 9.25. The van der Waals surface area contributed by atoms with Gasteiger partial charge in [-0.2, -0.15) is 0 Å². The molecule has 0 aromatic carbocycles.